The van der Waals surface area contributed by atoms with Gasteiger partial charge < -0.3 is 15.0 Å². The summed E-state index contributed by atoms with van der Waals surface area (Å²) in [5.74, 6) is -0.0741. The van der Waals surface area contributed by atoms with Crippen molar-refractivity contribution in [3.8, 4) is 0 Å². The summed E-state index contributed by atoms with van der Waals surface area (Å²) in [6.07, 6.45) is 8.89. The van der Waals surface area contributed by atoms with E-state index in [1.807, 2.05) is 22.7 Å². The van der Waals surface area contributed by atoms with E-state index in [-0.39, 0.29) is 11.9 Å². The molecule has 0 spiro atoms. The maximum atomic E-state index is 12.2. The van der Waals surface area contributed by atoms with Crippen LogP contribution in [0.15, 0.2) is 30.7 Å². The molecule has 2 fully saturated rings. The molecule has 2 aliphatic heterocycles. The number of nitrogens with one attached hydrogen (secondary N) is 2. The van der Waals surface area contributed by atoms with E-state index >= 15 is 0 Å². The van der Waals surface area contributed by atoms with Gasteiger partial charge in [0.05, 0.1) is 11.7 Å². The molecular weight excluding hydrogens is 240 g/mol. The summed E-state index contributed by atoms with van der Waals surface area (Å²) >= 11 is 0. The number of carbonyl (C=O) groups is 1. The van der Waals surface area contributed by atoms with Crippen LogP contribution in [-0.4, -0.2) is 33.4 Å². The van der Waals surface area contributed by atoms with Crippen molar-refractivity contribution in [2.24, 2.45) is 0 Å². The van der Waals surface area contributed by atoms with Crippen molar-refractivity contribution in [2.75, 3.05) is 0 Å². The van der Waals surface area contributed by atoms with Gasteiger partial charge in [0.1, 0.15) is 5.69 Å². The van der Waals surface area contributed by atoms with E-state index in [0.717, 1.165) is 11.9 Å². The predicted octanol–water partition coefficient (Wildman–Crippen LogP) is 0.957. The number of fused-ring (bicyclic) bond motifs is 3. The van der Waals surface area contributed by atoms with E-state index in [4.69, 9.17) is 0 Å². The smallest absolute Gasteiger partial charge is 0.271 e. The van der Waals surface area contributed by atoms with Gasteiger partial charge in [0.2, 0.25) is 0 Å². The molecule has 0 unspecified atom stereocenters. The summed E-state index contributed by atoms with van der Waals surface area (Å²) in [6, 6.07) is 5.21. The van der Waals surface area contributed by atoms with Crippen LogP contribution >= 0.6 is 0 Å². The number of rotatable bonds is 2. The number of amides is 1. The third-order valence-corrected chi connectivity index (χ3v) is 4.26. The maximum absolute atomic E-state index is 12.2. The lowest BCUT2D eigenvalue weighted by atomic mass is 9.95. The lowest BCUT2D eigenvalue weighted by Gasteiger charge is -2.21. The number of aromatic nitrogens is 2. The maximum Gasteiger partial charge on any atom is 0.271 e. The van der Waals surface area contributed by atoms with Crippen molar-refractivity contribution in [3.05, 3.63) is 36.4 Å². The largest absolute Gasteiger partial charge is 0.346 e. The van der Waals surface area contributed by atoms with E-state index in [2.05, 4.69) is 15.6 Å². The van der Waals surface area contributed by atoms with Crippen LogP contribution in [0.3, 0.4) is 0 Å². The molecule has 5 nitrogen and oxygen atoms in total. The highest BCUT2D eigenvalue weighted by atomic mass is 16.2. The zero-order valence-electron chi connectivity index (χ0n) is 10.5. The molecule has 2 aromatic heterocycles. The van der Waals surface area contributed by atoms with Crippen molar-refractivity contribution in [1.82, 2.24) is 20.0 Å². The lowest BCUT2D eigenvalue weighted by molar-refractivity contribution is 0.0925. The molecule has 1 amide bonds. The number of hydrogen-bond acceptors (Lipinski definition) is 3. The number of carbonyl (C=O) groups excluding carboxylic acids is 1. The Kier molecular flexibility index (Phi) is 2.35. The summed E-state index contributed by atoms with van der Waals surface area (Å²) in [6.45, 7) is 0. The second kappa shape index (κ2) is 4.06. The van der Waals surface area contributed by atoms with Gasteiger partial charge in [-0.3, -0.25) is 4.79 Å². The van der Waals surface area contributed by atoms with Crippen LogP contribution in [0.5, 0.6) is 0 Å². The van der Waals surface area contributed by atoms with Crippen LogP contribution in [0.4, 0.5) is 0 Å². The van der Waals surface area contributed by atoms with Crippen molar-refractivity contribution in [2.45, 2.75) is 37.4 Å². The minimum absolute atomic E-state index is 0.0741. The zero-order valence-corrected chi connectivity index (χ0v) is 10.5. The first kappa shape index (κ1) is 11.0. The molecule has 4 heterocycles. The molecule has 0 aromatic carbocycles. The van der Waals surface area contributed by atoms with Crippen molar-refractivity contribution >= 4 is 11.4 Å². The van der Waals surface area contributed by atoms with E-state index in [0.29, 0.717) is 17.8 Å². The van der Waals surface area contributed by atoms with Crippen LogP contribution in [0.25, 0.3) is 5.52 Å². The molecular formula is C14H16N4O. The summed E-state index contributed by atoms with van der Waals surface area (Å²) in [5.41, 5.74) is 1.48. The molecule has 5 heteroatoms. The fraction of sp³-hybridized carbons (Fsp3) is 0.429. The molecule has 2 aliphatic rings. The highest BCUT2D eigenvalue weighted by molar-refractivity contribution is 5.92. The first-order chi connectivity index (χ1) is 9.29. The summed E-state index contributed by atoms with van der Waals surface area (Å²) in [4.78, 5) is 16.5. The molecule has 4 rings (SSSR count). The Labute approximate surface area is 111 Å². The Morgan fingerprint density at radius 1 is 1.47 bits per heavy atom. The number of hydrogen-bond donors (Lipinski definition) is 2. The number of nitrogens with zero attached hydrogens (tertiary/aromatic N) is 2. The molecule has 98 valence electrons. The van der Waals surface area contributed by atoms with E-state index in [1.165, 1.54) is 12.8 Å². The second-order valence-electron chi connectivity index (χ2n) is 5.48. The second-order valence-corrected chi connectivity index (χ2v) is 5.48. The zero-order chi connectivity index (χ0) is 12.8. The highest BCUT2D eigenvalue weighted by Crippen LogP contribution is 2.28. The molecule has 2 aromatic rings. The predicted molar refractivity (Wildman–Crippen MR) is 71.0 cm³/mol. The molecule has 2 N–H and O–H groups in total. The van der Waals surface area contributed by atoms with Gasteiger partial charge in [-0.05, 0) is 31.4 Å². The molecule has 2 saturated heterocycles. The van der Waals surface area contributed by atoms with Crippen LogP contribution in [0, 0.1) is 0 Å². The third-order valence-electron chi connectivity index (χ3n) is 4.26. The van der Waals surface area contributed by atoms with Gasteiger partial charge >= 0.3 is 0 Å². The van der Waals surface area contributed by atoms with Gasteiger partial charge in [0.15, 0.2) is 0 Å². The Balaban J connectivity index is 1.53. The fourth-order valence-electron chi connectivity index (χ4n) is 3.28. The van der Waals surface area contributed by atoms with E-state index < -0.39 is 0 Å². The monoisotopic (exact) mass is 256 g/mol. The van der Waals surface area contributed by atoms with Crippen molar-refractivity contribution in [3.63, 3.8) is 0 Å². The first-order valence-electron chi connectivity index (χ1n) is 6.79. The Bertz CT molecular complexity index is 635. The molecule has 19 heavy (non-hydrogen) atoms. The fourth-order valence-corrected chi connectivity index (χ4v) is 3.28. The molecule has 3 atom stereocenters. The van der Waals surface area contributed by atoms with Crippen LogP contribution in [0.2, 0.25) is 0 Å². The highest BCUT2D eigenvalue weighted by Gasteiger charge is 2.39. The normalized spacial score (nSPS) is 28.9. The Morgan fingerprint density at radius 3 is 3.21 bits per heavy atom. The lowest BCUT2D eigenvalue weighted by Crippen LogP contribution is -2.43. The molecule has 0 saturated carbocycles. The SMILES string of the molecule is O=C(N[C@@H]1C[C@H]2CC[C@H]1N2)c1cn2cccc2cn1. The summed E-state index contributed by atoms with van der Waals surface area (Å²) in [5, 5.41) is 6.63. The minimum atomic E-state index is -0.0741. The van der Waals surface area contributed by atoms with E-state index in [9.17, 15) is 4.79 Å². The Morgan fingerprint density at radius 2 is 2.42 bits per heavy atom. The van der Waals surface area contributed by atoms with Crippen LogP contribution < -0.4 is 10.6 Å². The Hall–Kier alpha value is -1.88. The summed E-state index contributed by atoms with van der Waals surface area (Å²) < 4.78 is 1.92. The topological polar surface area (TPSA) is 58.4 Å². The average molecular weight is 256 g/mol. The van der Waals surface area contributed by atoms with Gasteiger partial charge in [-0.2, -0.15) is 0 Å². The van der Waals surface area contributed by atoms with Gasteiger partial charge in [0, 0.05) is 30.5 Å². The third kappa shape index (κ3) is 1.81. The van der Waals surface area contributed by atoms with Gasteiger partial charge in [0.25, 0.3) is 5.91 Å². The molecule has 0 aliphatic carbocycles. The van der Waals surface area contributed by atoms with E-state index in [1.54, 1.807) is 12.4 Å². The van der Waals surface area contributed by atoms with Gasteiger partial charge in [-0.1, -0.05) is 0 Å². The van der Waals surface area contributed by atoms with Crippen molar-refractivity contribution < 1.29 is 4.79 Å². The van der Waals surface area contributed by atoms with Crippen LogP contribution in [-0.2, 0) is 0 Å². The molecule has 0 radical (unpaired) electrons. The van der Waals surface area contributed by atoms with Gasteiger partial charge in [-0.15, -0.1) is 0 Å². The first-order valence-corrected chi connectivity index (χ1v) is 6.79. The van der Waals surface area contributed by atoms with Crippen molar-refractivity contribution in [1.29, 1.82) is 0 Å². The molecule has 2 bridgehead atoms. The standard InChI is InChI=1S/C14H16N4O/c19-14(17-12-6-9-3-4-11(12)16-9)13-8-18-5-1-2-10(18)7-15-13/h1-2,5,7-9,11-12,16H,3-4,6H2,(H,17,19)/t9-,11-,12-/m1/s1. The quantitative estimate of drug-likeness (QED) is 0.841. The minimum Gasteiger partial charge on any atom is -0.346 e. The van der Waals surface area contributed by atoms with Crippen LogP contribution in [0.1, 0.15) is 29.8 Å². The van der Waals surface area contributed by atoms with Gasteiger partial charge in [-0.25, -0.2) is 4.98 Å². The average Bonchev–Trinajstić information content (AvgIpc) is 3.13. The summed E-state index contributed by atoms with van der Waals surface area (Å²) in [7, 11) is 0.